The maximum atomic E-state index is 11.7. The van der Waals surface area contributed by atoms with Crippen molar-refractivity contribution in [3.63, 3.8) is 0 Å². The van der Waals surface area contributed by atoms with E-state index in [0.29, 0.717) is 0 Å². The quantitative estimate of drug-likeness (QED) is 0.924. The topological polar surface area (TPSA) is 68.3 Å². The summed E-state index contributed by atoms with van der Waals surface area (Å²) in [6.45, 7) is 11.3. The second-order valence-corrected chi connectivity index (χ2v) is 5.49. The Bertz CT molecular complexity index is 439. The molecule has 21 heavy (non-hydrogen) atoms. The molecule has 0 aliphatic heterocycles. The number of hydrogen-bond donors (Lipinski definition) is 1. The molecule has 1 rings (SSSR count). The van der Waals surface area contributed by atoms with Crippen LogP contribution >= 0.6 is 0 Å². The Hall–Kier alpha value is -1.91. The largest absolute Gasteiger partial charge is 0.445 e. The third-order valence-corrected chi connectivity index (χ3v) is 2.63. The van der Waals surface area contributed by atoms with Gasteiger partial charge in [-0.1, -0.05) is 40.7 Å². The van der Waals surface area contributed by atoms with Crippen molar-refractivity contribution in [1.82, 2.24) is 10.3 Å². The highest BCUT2D eigenvalue weighted by Gasteiger charge is 2.30. The Morgan fingerprint density at radius 3 is 2.38 bits per heavy atom. The van der Waals surface area contributed by atoms with Crippen LogP contribution in [-0.4, -0.2) is 22.9 Å². The number of carbonyl (C=O) groups is 2. The Morgan fingerprint density at radius 1 is 1.33 bits per heavy atom. The van der Waals surface area contributed by atoms with Gasteiger partial charge >= 0.3 is 6.09 Å². The molecule has 0 aromatic carbocycles. The van der Waals surface area contributed by atoms with Gasteiger partial charge in [0.15, 0.2) is 5.78 Å². The molecule has 5 nitrogen and oxygen atoms in total. The fourth-order valence-corrected chi connectivity index (χ4v) is 1.72. The summed E-state index contributed by atoms with van der Waals surface area (Å²) in [7, 11) is 0. The van der Waals surface area contributed by atoms with E-state index in [2.05, 4.69) is 10.3 Å². The van der Waals surface area contributed by atoms with Crippen molar-refractivity contribution >= 4 is 11.9 Å². The molecule has 0 saturated carbocycles. The van der Waals surface area contributed by atoms with Crippen LogP contribution in [0.15, 0.2) is 24.5 Å². The molecule has 1 unspecified atom stereocenters. The summed E-state index contributed by atoms with van der Waals surface area (Å²) in [5, 5.41) is 2.60. The van der Waals surface area contributed by atoms with Crippen molar-refractivity contribution in [3.05, 3.63) is 30.1 Å². The maximum Gasteiger partial charge on any atom is 0.408 e. The molecule has 0 aliphatic rings. The van der Waals surface area contributed by atoms with Gasteiger partial charge in [0.05, 0.1) is 6.04 Å². The van der Waals surface area contributed by atoms with Crippen LogP contribution in [0, 0.1) is 5.41 Å². The first-order valence-corrected chi connectivity index (χ1v) is 7.13. The van der Waals surface area contributed by atoms with E-state index in [1.54, 1.807) is 18.5 Å². The number of amides is 1. The molecule has 5 heteroatoms. The molecular formula is C16H26N2O3. The number of ketones is 1. The molecule has 1 heterocycles. The van der Waals surface area contributed by atoms with Gasteiger partial charge in [-0.25, -0.2) is 4.79 Å². The number of pyridine rings is 1. The second-order valence-electron chi connectivity index (χ2n) is 5.49. The van der Waals surface area contributed by atoms with Crippen LogP contribution in [0.2, 0.25) is 0 Å². The molecule has 0 saturated heterocycles. The zero-order valence-electron chi connectivity index (χ0n) is 13.8. The first-order valence-electron chi connectivity index (χ1n) is 7.13. The zero-order valence-corrected chi connectivity index (χ0v) is 13.8. The monoisotopic (exact) mass is 294 g/mol. The number of alkyl carbamates (subject to hydrolysis) is 1. The Kier molecular flexibility index (Phi) is 8.28. The van der Waals surface area contributed by atoms with Gasteiger partial charge in [-0.05, 0) is 18.4 Å². The third kappa shape index (κ3) is 7.44. The van der Waals surface area contributed by atoms with E-state index < -0.39 is 12.1 Å². The number of carbonyl (C=O) groups excluding carboxylic acids is 2. The van der Waals surface area contributed by atoms with Crippen LogP contribution in [0.5, 0.6) is 0 Å². The van der Waals surface area contributed by atoms with Crippen LogP contribution in [0.4, 0.5) is 4.79 Å². The summed E-state index contributed by atoms with van der Waals surface area (Å²) in [5.74, 6) is -0.0918. The normalized spacial score (nSPS) is 11.7. The van der Waals surface area contributed by atoms with Gasteiger partial charge in [0.2, 0.25) is 0 Å². The lowest BCUT2D eigenvalue weighted by Crippen LogP contribution is -2.48. The molecule has 0 aliphatic carbocycles. The molecule has 0 fully saturated rings. The lowest BCUT2D eigenvalue weighted by molar-refractivity contribution is -0.121. The predicted molar refractivity (Wildman–Crippen MR) is 82.8 cm³/mol. The van der Waals surface area contributed by atoms with Crippen LogP contribution in [-0.2, 0) is 16.1 Å². The SMILES string of the molecule is CC.CC(=O)C(NC(=O)OCc1cccnc1)C(C)(C)C. The van der Waals surface area contributed by atoms with E-state index in [0.717, 1.165) is 5.56 Å². The van der Waals surface area contributed by atoms with Gasteiger partial charge in [-0.15, -0.1) is 0 Å². The number of Topliss-reactive ketones (excluding diaryl/α,β-unsaturated/α-hetero) is 1. The zero-order chi connectivity index (χ0) is 16.5. The lowest BCUT2D eigenvalue weighted by atomic mass is 9.85. The van der Waals surface area contributed by atoms with Crippen LogP contribution in [0.25, 0.3) is 0 Å². The molecule has 1 aromatic heterocycles. The van der Waals surface area contributed by atoms with Crippen molar-refractivity contribution in [1.29, 1.82) is 0 Å². The molecule has 1 N–H and O–H groups in total. The van der Waals surface area contributed by atoms with E-state index >= 15 is 0 Å². The minimum absolute atomic E-state index is 0.0918. The van der Waals surface area contributed by atoms with Crippen molar-refractivity contribution in [3.8, 4) is 0 Å². The van der Waals surface area contributed by atoms with Crippen LogP contribution in [0.3, 0.4) is 0 Å². The standard InChI is InChI=1S/C14H20N2O3.C2H6/c1-10(17)12(14(2,3)4)16-13(18)19-9-11-6-5-7-15-8-11;1-2/h5-8,12H,9H2,1-4H3,(H,16,18);1-2H3. The van der Waals surface area contributed by atoms with Crippen molar-refractivity contribution in [2.24, 2.45) is 5.41 Å². The van der Waals surface area contributed by atoms with Crippen LogP contribution < -0.4 is 5.32 Å². The number of nitrogens with one attached hydrogen (secondary N) is 1. The highest BCUT2D eigenvalue weighted by Crippen LogP contribution is 2.20. The number of rotatable bonds is 4. The number of hydrogen-bond acceptors (Lipinski definition) is 4. The van der Waals surface area contributed by atoms with Gasteiger partial charge in [-0.2, -0.15) is 0 Å². The molecule has 0 spiro atoms. The number of ether oxygens (including phenoxy) is 1. The van der Waals surface area contributed by atoms with Crippen LogP contribution in [0.1, 0.15) is 47.1 Å². The van der Waals surface area contributed by atoms with Gasteiger partial charge < -0.3 is 10.1 Å². The molecule has 118 valence electrons. The van der Waals surface area contributed by atoms with Crippen molar-refractivity contribution < 1.29 is 14.3 Å². The van der Waals surface area contributed by atoms with Gasteiger partial charge in [0.1, 0.15) is 6.61 Å². The summed E-state index contributed by atoms with van der Waals surface area (Å²) < 4.78 is 5.06. The smallest absolute Gasteiger partial charge is 0.408 e. The minimum atomic E-state index is -0.598. The Labute approximate surface area is 127 Å². The van der Waals surface area contributed by atoms with E-state index in [1.807, 2.05) is 40.7 Å². The molecule has 0 bridgehead atoms. The maximum absolute atomic E-state index is 11.7. The summed E-state index contributed by atoms with van der Waals surface area (Å²) in [4.78, 5) is 27.1. The second kappa shape index (κ2) is 9.10. The van der Waals surface area contributed by atoms with E-state index in [4.69, 9.17) is 4.74 Å². The average Bonchev–Trinajstić information content (AvgIpc) is 2.44. The van der Waals surface area contributed by atoms with E-state index in [1.165, 1.54) is 6.92 Å². The van der Waals surface area contributed by atoms with Gasteiger partial charge in [-0.3, -0.25) is 9.78 Å². The fraction of sp³-hybridized carbons (Fsp3) is 0.562. The highest BCUT2D eigenvalue weighted by atomic mass is 16.5. The number of aromatic nitrogens is 1. The average molecular weight is 294 g/mol. The van der Waals surface area contributed by atoms with Crippen molar-refractivity contribution in [2.75, 3.05) is 0 Å². The predicted octanol–water partition coefficient (Wildman–Crippen LogP) is 3.34. The summed E-state index contributed by atoms with van der Waals surface area (Å²) in [6, 6.07) is 3.02. The molecule has 1 amide bonds. The van der Waals surface area contributed by atoms with E-state index in [-0.39, 0.29) is 17.8 Å². The van der Waals surface area contributed by atoms with Gasteiger partial charge in [0, 0.05) is 18.0 Å². The highest BCUT2D eigenvalue weighted by molar-refractivity contribution is 5.86. The number of nitrogens with zero attached hydrogens (tertiary/aromatic N) is 1. The summed E-state index contributed by atoms with van der Waals surface area (Å²) in [6.07, 6.45) is 2.67. The fourth-order valence-electron chi connectivity index (χ4n) is 1.72. The first kappa shape index (κ1) is 19.1. The Morgan fingerprint density at radius 2 is 1.95 bits per heavy atom. The minimum Gasteiger partial charge on any atom is -0.445 e. The first-order chi connectivity index (χ1) is 9.80. The Balaban J connectivity index is 0.00000191. The van der Waals surface area contributed by atoms with E-state index in [9.17, 15) is 9.59 Å². The summed E-state index contributed by atoms with van der Waals surface area (Å²) in [5.41, 5.74) is 0.451. The van der Waals surface area contributed by atoms with Gasteiger partial charge in [0.25, 0.3) is 0 Å². The van der Waals surface area contributed by atoms with Crippen molar-refractivity contribution in [2.45, 2.75) is 54.2 Å². The third-order valence-electron chi connectivity index (χ3n) is 2.63. The summed E-state index contributed by atoms with van der Waals surface area (Å²) >= 11 is 0. The molecule has 0 radical (unpaired) electrons. The lowest BCUT2D eigenvalue weighted by Gasteiger charge is -2.28. The molecular weight excluding hydrogens is 268 g/mol. The molecule has 1 aromatic rings. The molecule has 1 atom stereocenters.